The molecule has 0 spiro atoms. The maximum absolute atomic E-state index is 12.1. The Balaban J connectivity index is 1.64. The highest BCUT2D eigenvalue weighted by atomic mass is 35.5. The molecule has 0 saturated carbocycles. The van der Waals surface area contributed by atoms with Crippen molar-refractivity contribution in [2.24, 2.45) is 0 Å². The molecule has 1 amide bonds. The fourth-order valence-electron chi connectivity index (χ4n) is 2.14. The Morgan fingerprint density at radius 2 is 2.00 bits per heavy atom. The van der Waals surface area contributed by atoms with Crippen molar-refractivity contribution in [3.8, 4) is 0 Å². The molecule has 2 aromatic heterocycles. The van der Waals surface area contributed by atoms with Gasteiger partial charge < -0.3 is 5.32 Å². The second-order valence-corrected chi connectivity index (χ2v) is 5.50. The first-order valence-corrected chi connectivity index (χ1v) is 7.63. The van der Waals surface area contributed by atoms with Crippen LogP contribution in [0.15, 0.2) is 48.9 Å². The molecular weight excluding hydrogens is 314 g/mol. The van der Waals surface area contributed by atoms with Crippen molar-refractivity contribution in [2.45, 2.75) is 20.0 Å². The molecule has 23 heavy (non-hydrogen) atoms. The van der Waals surface area contributed by atoms with E-state index < -0.39 is 0 Å². The lowest BCUT2D eigenvalue weighted by molar-refractivity contribution is 0.102. The Morgan fingerprint density at radius 3 is 2.70 bits per heavy atom. The van der Waals surface area contributed by atoms with E-state index in [1.54, 1.807) is 27.8 Å². The highest BCUT2D eigenvalue weighted by Crippen LogP contribution is 2.12. The van der Waals surface area contributed by atoms with Crippen LogP contribution in [0.25, 0.3) is 0 Å². The normalized spacial score (nSPS) is 10.7. The van der Waals surface area contributed by atoms with Gasteiger partial charge in [0, 0.05) is 30.0 Å². The zero-order chi connectivity index (χ0) is 16.2. The molecule has 0 bridgehead atoms. The van der Waals surface area contributed by atoms with Gasteiger partial charge in [-0.3, -0.25) is 14.2 Å². The van der Waals surface area contributed by atoms with E-state index in [4.69, 9.17) is 11.6 Å². The smallest absolute Gasteiger partial charge is 0.260 e. The van der Waals surface area contributed by atoms with Crippen LogP contribution in [0, 0.1) is 0 Å². The molecule has 1 N–H and O–H groups in total. The van der Waals surface area contributed by atoms with Crippen LogP contribution in [0.4, 0.5) is 5.82 Å². The van der Waals surface area contributed by atoms with Crippen molar-refractivity contribution in [2.75, 3.05) is 5.32 Å². The van der Waals surface area contributed by atoms with Crippen LogP contribution >= 0.6 is 11.6 Å². The molecule has 118 valence electrons. The summed E-state index contributed by atoms with van der Waals surface area (Å²) < 4.78 is 3.46. The third-order valence-corrected chi connectivity index (χ3v) is 3.61. The average Bonchev–Trinajstić information content (AvgIpc) is 3.19. The number of carbonyl (C=O) groups is 1. The van der Waals surface area contributed by atoms with Gasteiger partial charge in [0.2, 0.25) is 0 Å². The van der Waals surface area contributed by atoms with Crippen LogP contribution in [0.5, 0.6) is 0 Å². The summed E-state index contributed by atoms with van der Waals surface area (Å²) in [5.41, 5.74) is 1.60. The predicted octanol–water partition coefficient (Wildman–Crippen LogP) is 3.05. The fraction of sp³-hybridized carbons (Fsp3) is 0.188. The van der Waals surface area contributed by atoms with Crippen molar-refractivity contribution in [3.63, 3.8) is 0 Å². The minimum Gasteiger partial charge on any atom is -0.305 e. The van der Waals surface area contributed by atoms with E-state index >= 15 is 0 Å². The van der Waals surface area contributed by atoms with Crippen LogP contribution in [-0.2, 0) is 13.1 Å². The highest BCUT2D eigenvalue weighted by molar-refractivity contribution is 6.30. The van der Waals surface area contributed by atoms with Crippen molar-refractivity contribution in [1.82, 2.24) is 19.6 Å². The first-order chi connectivity index (χ1) is 11.1. The number of aromatic nitrogens is 4. The van der Waals surface area contributed by atoms with Gasteiger partial charge in [0.15, 0.2) is 5.82 Å². The van der Waals surface area contributed by atoms with Crippen LogP contribution in [-0.4, -0.2) is 25.5 Å². The lowest BCUT2D eigenvalue weighted by atomic mass is 10.2. The van der Waals surface area contributed by atoms with Crippen molar-refractivity contribution in [3.05, 3.63) is 65.1 Å². The number of carbonyl (C=O) groups excluding carboxylic acids is 1. The molecule has 6 nitrogen and oxygen atoms in total. The summed E-state index contributed by atoms with van der Waals surface area (Å²) in [4.78, 5) is 12.1. The third kappa shape index (κ3) is 3.78. The molecule has 0 saturated heterocycles. The van der Waals surface area contributed by atoms with Crippen molar-refractivity contribution < 1.29 is 4.79 Å². The van der Waals surface area contributed by atoms with Crippen LogP contribution in [0.3, 0.4) is 0 Å². The van der Waals surface area contributed by atoms with E-state index in [-0.39, 0.29) is 5.91 Å². The number of halogens is 1. The Bertz CT molecular complexity index is 806. The quantitative estimate of drug-likeness (QED) is 0.782. The second kappa shape index (κ2) is 6.66. The predicted molar refractivity (Wildman–Crippen MR) is 88.6 cm³/mol. The summed E-state index contributed by atoms with van der Waals surface area (Å²) in [7, 11) is 0. The number of benzene rings is 1. The van der Waals surface area contributed by atoms with E-state index in [2.05, 4.69) is 15.5 Å². The van der Waals surface area contributed by atoms with Crippen molar-refractivity contribution >= 4 is 23.3 Å². The van der Waals surface area contributed by atoms with Crippen LogP contribution in [0.2, 0.25) is 5.02 Å². The second-order valence-electron chi connectivity index (χ2n) is 5.06. The molecule has 0 aliphatic carbocycles. The van der Waals surface area contributed by atoms with E-state index in [1.807, 2.05) is 37.4 Å². The zero-order valence-electron chi connectivity index (χ0n) is 12.6. The SMILES string of the molecule is CCn1cc(C(=O)Nc2ccn(Cc3ccc(Cl)cc3)n2)cn1. The maximum atomic E-state index is 12.1. The minimum absolute atomic E-state index is 0.221. The third-order valence-electron chi connectivity index (χ3n) is 3.36. The topological polar surface area (TPSA) is 64.7 Å². The summed E-state index contributed by atoms with van der Waals surface area (Å²) in [5.74, 6) is 0.287. The number of aryl methyl sites for hydroxylation is 1. The summed E-state index contributed by atoms with van der Waals surface area (Å²) in [6.45, 7) is 3.30. The molecule has 2 heterocycles. The van der Waals surface area contributed by atoms with Gasteiger partial charge in [-0.25, -0.2) is 0 Å². The number of hydrogen-bond donors (Lipinski definition) is 1. The van der Waals surface area contributed by atoms with Crippen LogP contribution in [0.1, 0.15) is 22.8 Å². The fourth-order valence-corrected chi connectivity index (χ4v) is 2.26. The Kier molecular flexibility index (Phi) is 4.43. The van der Waals surface area contributed by atoms with E-state index in [0.29, 0.717) is 22.9 Å². The molecule has 1 aromatic carbocycles. The van der Waals surface area contributed by atoms with E-state index in [1.165, 1.54) is 0 Å². The zero-order valence-corrected chi connectivity index (χ0v) is 13.4. The number of anilines is 1. The van der Waals surface area contributed by atoms with Gasteiger partial charge in [-0.15, -0.1) is 0 Å². The molecule has 0 radical (unpaired) electrons. The number of amides is 1. The standard InChI is InChI=1S/C16H16ClN5O/c1-2-21-11-13(9-18-21)16(23)19-15-7-8-22(20-15)10-12-3-5-14(17)6-4-12/h3-9,11H,2,10H2,1H3,(H,19,20,23). The summed E-state index contributed by atoms with van der Waals surface area (Å²) in [6.07, 6.45) is 5.07. The largest absolute Gasteiger partial charge is 0.305 e. The van der Waals surface area contributed by atoms with Gasteiger partial charge in [0.1, 0.15) is 0 Å². The highest BCUT2D eigenvalue weighted by Gasteiger charge is 2.10. The molecular formula is C16H16ClN5O. The van der Waals surface area contributed by atoms with E-state index in [0.717, 1.165) is 12.1 Å². The number of nitrogens with zero attached hydrogens (tertiary/aromatic N) is 4. The molecule has 0 aliphatic heterocycles. The molecule has 3 rings (SSSR count). The molecule has 3 aromatic rings. The Hall–Kier alpha value is -2.60. The average molecular weight is 330 g/mol. The van der Waals surface area contributed by atoms with Gasteiger partial charge in [-0.05, 0) is 24.6 Å². The molecule has 0 unspecified atom stereocenters. The molecule has 7 heteroatoms. The van der Waals surface area contributed by atoms with Gasteiger partial charge in [-0.2, -0.15) is 10.2 Å². The monoisotopic (exact) mass is 329 g/mol. The first kappa shape index (κ1) is 15.3. The number of hydrogen-bond acceptors (Lipinski definition) is 3. The molecule has 0 fully saturated rings. The van der Waals surface area contributed by atoms with Gasteiger partial charge in [0.25, 0.3) is 5.91 Å². The Morgan fingerprint density at radius 1 is 1.22 bits per heavy atom. The molecule has 0 aliphatic rings. The molecule has 0 atom stereocenters. The minimum atomic E-state index is -0.221. The number of nitrogens with one attached hydrogen (secondary N) is 1. The van der Waals surface area contributed by atoms with Crippen LogP contribution < -0.4 is 5.32 Å². The van der Waals surface area contributed by atoms with Gasteiger partial charge in [0.05, 0.1) is 18.3 Å². The van der Waals surface area contributed by atoms with Gasteiger partial charge in [-0.1, -0.05) is 23.7 Å². The maximum Gasteiger partial charge on any atom is 0.260 e. The summed E-state index contributed by atoms with van der Waals surface area (Å²) in [6, 6.07) is 9.34. The summed E-state index contributed by atoms with van der Waals surface area (Å²) in [5, 5.41) is 11.9. The van der Waals surface area contributed by atoms with Gasteiger partial charge >= 0.3 is 0 Å². The Labute approximate surface area is 138 Å². The number of rotatable bonds is 5. The summed E-state index contributed by atoms with van der Waals surface area (Å²) >= 11 is 5.87. The lowest BCUT2D eigenvalue weighted by Gasteiger charge is -2.02. The first-order valence-electron chi connectivity index (χ1n) is 7.26. The van der Waals surface area contributed by atoms with E-state index in [9.17, 15) is 4.79 Å². The van der Waals surface area contributed by atoms with Crippen molar-refractivity contribution in [1.29, 1.82) is 0 Å². The lowest BCUT2D eigenvalue weighted by Crippen LogP contribution is -2.12.